The number of nitro benzene ring substituents is 1. The van der Waals surface area contributed by atoms with Crippen LogP contribution >= 0.6 is 0 Å². The molecule has 0 bridgehead atoms. The van der Waals surface area contributed by atoms with Crippen LogP contribution in [0.15, 0.2) is 36.4 Å². The van der Waals surface area contributed by atoms with E-state index in [9.17, 15) is 14.9 Å². The van der Waals surface area contributed by atoms with Gasteiger partial charge >= 0.3 is 0 Å². The summed E-state index contributed by atoms with van der Waals surface area (Å²) in [4.78, 5) is 24.6. The first-order valence-electron chi connectivity index (χ1n) is 8.08. The number of nitrogens with zero attached hydrogens (tertiary/aromatic N) is 2. The van der Waals surface area contributed by atoms with Gasteiger partial charge in [0.25, 0.3) is 11.6 Å². The molecule has 0 spiro atoms. The smallest absolute Gasteiger partial charge is 0.272 e. The van der Waals surface area contributed by atoms with Gasteiger partial charge in [-0.1, -0.05) is 6.07 Å². The van der Waals surface area contributed by atoms with E-state index in [1.165, 1.54) is 12.1 Å². The van der Waals surface area contributed by atoms with E-state index < -0.39 is 4.92 Å². The number of carbonyl (C=O) groups is 1. The molecule has 1 amide bonds. The SMILES string of the molecule is COc1ccc(CCN(C)C(=O)c2ccc([N+](=O)[O-])c(C)c2)cc1OC. The summed E-state index contributed by atoms with van der Waals surface area (Å²) < 4.78 is 10.5. The minimum atomic E-state index is -0.454. The van der Waals surface area contributed by atoms with Gasteiger partial charge < -0.3 is 14.4 Å². The van der Waals surface area contributed by atoms with Crippen LogP contribution in [0.2, 0.25) is 0 Å². The first-order chi connectivity index (χ1) is 12.4. The lowest BCUT2D eigenvalue weighted by Gasteiger charge is -2.18. The monoisotopic (exact) mass is 358 g/mol. The second kappa shape index (κ2) is 8.33. The maximum absolute atomic E-state index is 12.5. The van der Waals surface area contributed by atoms with E-state index in [0.29, 0.717) is 35.6 Å². The molecule has 2 rings (SSSR count). The Morgan fingerprint density at radius 3 is 2.38 bits per heavy atom. The predicted molar refractivity (Wildman–Crippen MR) is 98.0 cm³/mol. The molecule has 0 saturated carbocycles. The fourth-order valence-electron chi connectivity index (χ4n) is 2.65. The third-order valence-electron chi connectivity index (χ3n) is 4.17. The summed E-state index contributed by atoms with van der Waals surface area (Å²) >= 11 is 0. The Balaban J connectivity index is 2.05. The molecule has 0 aliphatic carbocycles. The third kappa shape index (κ3) is 4.30. The van der Waals surface area contributed by atoms with Crippen LogP contribution in [0, 0.1) is 17.0 Å². The molecule has 2 aromatic rings. The molecule has 0 atom stereocenters. The van der Waals surface area contributed by atoms with E-state index in [-0.39, 0.29) is 11.6 Å². The number of nitro groups is 1. The summed E-state index contributed by atoms with van der Waals surface area (Å²) in [6, 6.07) is 10.0. The van der Waals surface area contributed by atoms with E-state index in [0.717, 1.165) is 5.56 Å². The van der Waals surface area contributed by atoms with Gasteiger partial charge in [0, 0.05) is 30.8 Å². The first kappa shape index (κ1) is 19.2. The Hall–Kier alpha value is -3.09. The van der Waals surface area contributed by atoms with Gasteiger partial charge in [-0.05, 0) is 43.2 Å². The number of benzene rings is 2. The summed E-state index contributed by atoms with van der Waals surface area (Å²) in [5.41, 5.74) is 1.92. The molecule has 138 valence electrons. The molecular weight excluding hydrogens is 336 g/mol. The summed E-state index contributed by atoms with van der Waals surface area (Å²) in [6.07, 6.45) is 0.647. The number of aryl methyl sites for hydroxylation is 1. The Morgan fingerprint density at radius 1 is 1.12 bits per heavy atom. The predicted octanol–water partition coefficient (Wildman–Crippen LogP) is 3.24. The zero-order chi connectivity index (χ0) is 19.3. The summed E-state index contributed by atoms with van der Waals surface area (Å²) in [5, 5.41) is 10.9. The Kier molecular flexibility index (Phi) is 6.16. The van der Waals surface area contributed by atoms with E-state index in [4.69, 9.17) is 9.47 Å². The van der Waals surface area contributed by atoms with Crippen LogP contribution in [0.25, 0.3) is 0 Å². The zero-order valence-corrected chi connectivity index (χ0v) is 15.3. The fraction of sp³-hybridized carbons (Fsp3) is 0.316. The van der Waals surface area contributed by atoms with Crippen molar-refractivity contribution in [2.24, 2.45) is 0 Å². The fourth-order valence-corrected chi connectivity index (χ4v) is 2.65. The van der Waals surface area contributed by atoms with Gasteiger partial charge in [-0.25, -0.2) is 0 Å². The minimum absolute atomic E-state index is 0.00882. The van der Waals surface area contributed by atoms with Gasteiger partial charge in [-0.15, -0.1) is 0 Å². The average molecular weight is 358 g/mol. The Morgan fingerprint density at radius 2 is 1.81 bits per heavy atom. The number of hydrogen-bond donors (Lipinski definition) is 0. The lowest BCUT2D eigenvalue weighted by atomic mass is 10.1. The number of carbonyl (C=O) groups excluding carboxylic acids is 1. The number of rotatable bonds is 7. The van der Waals surface area contributed by atoms with Crippen LogP contribution in [0.4, 0.5) is 5.69 Å². The molecular formula is C19H22N2O5. The minimum Gasteiger partial charge on any atom is -0.493 e. The van der Waals surface area contributed by atoms with Crippen molar-refractivity contribution in [3.63, 3.8) is 0 Å². The third-order valence-corrected chi connectivity index (χ3v) is 4.17. The van der Waals surface area contributed by atoms with Gasteiger partial charge in [-0.2, -0.15) is 0 Å². The molecule has 0 radical (unpaired) electrons. The van der Waals surface area contributed by atoms with Gasteiger partial charge in [0.15, 0.2) is 11.5 Å². The van der Waals surface area contributed by atoms with Crippen molar-refractivity contribution in [1.29, 1.82) is 0 Å². The molecule has 7 nitrogen and oxygen atoms in total. The average Bonchev–Trinajstić information content (AvgIpc) is 2.64. The normalized spacial score (nSPS) is 10.3. The standard InChI is InChI=1S/C19H22N2O5/c1-13-11-15(6-7-16(13)21(23)24)19(22)20(2)10-9-14-5-8-17(25-3)18(12-14)26-4/h5-8,11-12H,9-10H2,1-4H3. The van der Waals surface area contributed by atoms with E-state index in [1.807, 2.05) is 18.2 Å². The number of methoxy groups -OCH3 is 2. The van der Waals surface area contributed by atoms with E-state index >= 15 is 0 Å². The molecule has 0 heterocycles. The number of amides is 1. The van der Waals surface area contributed by atoms with Crippen LogP contribution in [0.1, 0.15) is 21.5 Å². The van der Waals surface area contributed by atoms with Gasteiger partial charge in [0.2, 0.25) is 0 Å². The van der Waals surface area contributed by atoms with Crippen molar-refractivity contribution < 1.29 is 19.2 Å². The maximum atomic E-state index is 12.5. The quantitative estimate of drug-likeness (QED) is 0.560. The highest BCUT2D eigenvalue weighted by molar-refractivity contribution is 5.94. The van der Waals surface area contributed by atoms with Crippen molar-refractivity contribution in [1.82, 2.24) is 4.90 Å². The molecule has 0 unspecified atom stereocenters. The van der Waals surface area contributed by atoms with Crippen LogP contribution < -0.4 is 9.47 Å². The Labute approximate surface area is 152 Å². The van der Waals surface area contributed by atoms with E-state index in [2.05, 4.69) is 0 Å². The summed E-state index contributed by atoms with van der Waals surface area (Å²) in [6.45, 7) is 2.13. The van der Waals surface area contributed by atoms with E-state index in [1.54, 1.807) is 39.2 Å². The molecule has 0 aliphatic heterocycles. The molecule has 26 heavy (non-hydrogen) atoms. The van der Waals surface area contributed by atoms with Crippen molar-refractivity contribution in [2.75, 3.05) is 27.8 Å². The highest BCUT2D eigenvalue weighted by atomic mass is 16.6. The van der Waals surface area contributed by atoms with Gasteiger partial charge in [-0.3, -0.25) is 14.9 Å². The molecule has 0 fully saturated rings. The second-order valence-corrected chi connectivity index (χ2v) is 5.92. The van der Waals surface area contributed by atoms with Gasteiger partial charge in [0.05, 0.1) is 19.1 Å². The molecule has 7 heteroatoms. The van der Waals surface area contributed by atoms with Crippen LogP contribution in [-0.2, 0) is 6.42 Å². The number of ether oxygens (including phenoxy) is 2. The zero-order valence-electron chi connectivity index (χ0n) is 15.3. The van der Waals surface area contributed by atoms with Crippen molar-refractivity contribution in [3.8, 4) is 11.5 Å². The van der Waals surface area contributed by atoms with Crippen LogP contribution in [-0.4, -0.2) is 43.5 Å². The van der Waals surface area contributed by atoms with Crippen molar-refractivity contribution in [2.45, 2.75) is 13.3 Å². The van der Waals surface area contributed by atoms with Crippen molar-refractivity contribution >= 4 is 11.6 Å². The highest BCUT2D eigenvalue weighted by Crippen LogP contribution is 2.27. The topological polar surface area (TPSA) is 81.9 Å². The largest absolute Gasteiger partial charge is 0.493 e. The second-order valence-electron chi connectivity index (χ2n) is 5.92. The number of likely N-dealkylation sites (N-methyl/N-ethyl adjacent to an activating group) is 1. The Bertz CT molecular complexity index is 820. The lowest BCUT2D eigenvalue weighted by Crippen LogP contribution is -2.28. The molecule has 0 saturated heterocycles. The molecule has 0 aromatic heterocycles. The summed E-state index contributed by atoms with van der Waals surface area (Å²) in [7, 11) is 4.87. The molecule has 0 aliphatic rings. The van der Waals surface area contributed by atoms with Crippen LogP contribution in [0.5, 0.6) is 11.5 Å². The van der Waals surface area contributed by atoms with Gasteiger partial charge in [0.1, 0.15) is 0 Å². The lowest BCUT2D eigenvalue weighted by molar-refractivity contribution is -0.385. The van der Waals surface area contributed by atoms with Crippen LogP contribution in [0.3, 0.4) is 0 Å². The number of hydrogen-bond acceptors (Lipinski definition) is 5. The maximum Gasteiger partial charge on any atom is 0.272 e. The molecule has 0 N–H and O–H groups in total. The highest BCUT2D eigenvalue weighted by Gasteiger charge is 2.16. The van der Waals surface area contributed by atoms with Crippen molar-refractivity contribution in [3.05, 3.63) is 63.2 Å². The summed E-state index contributed by atoms with van der Waals surface area (Å²) in [5.74, 6) is 1.12. The molecule has 2 aromatic carbocycles. The first-order valence-corrected chi connectivity index (χ1v) is 8.08.